The van der Waals surface area contributed by atoms with Crippen LogP contribution in [0.4, 0.5) is 4.79 Å². The summed E-state index contributed by atoms with van der Waals surface area (Å²) in [7, 11) is 0. The fourth-order valence-corrected chi connectivity index (χ4v) is 1.79. The molecule has 2 amide bonds. The zero-order valence-corrected chi connectivity index (χ0v) is 8.44. The van der Waals surface area contributed by atoms with Crippen molar-refractivity contribution in [1.29, 1.82) is 0 Å². The molecule has 1 aromatic rings. The molecule has 15 heavy (non-hydrogen) atoms. The predicted molar refractivity (Wildman–Crippen MR) is 58.1 cm³/mol. The first kappa shape index (κ1) is 9.98. The second-order valence-electron chi connectivity index (χ2n) is 3.83. The Balaban J connectivity index is 1.98. The molecular formula is C11H15N3O. The van der Waals surface area contributed by atoms with Crippen molar-refractivity contribution in [2.24, 2.45) is 11.7 Å². The van der Waals surface area contributed by atoms with Crippen molar-refractivity contribution in [2.45, 2.75) is 12.6 Å². The Hall–Kier alpha value is -1.55. The zero-order valence-electron chi connectivity index (χ0n) is 8.44. The van der Waals surface area contributed by atoms with Crippen LogP contribution in [-0.4, -0.2) is 18.7 Å². The van der Waals surface area contributed by atoms with Crippen molar-refractivity contribution in [3.8, 4) is 0 Å². The molecule has 0 saturated carbocycles. The van der Waals surface area contributed by atoms with Crippen LogP contribution in [0.15, 0.2) is 30.3 Å². The third-order valence-electron chi connectivity index (χ3n) is 2.67. The monoisotopic (exact) mass is 205 g/mol. The number of carbonyl (C=O) groups is 1. The highest BCUT2D eigenvalue weighted by atomic mass is 16.2. The molecule has 0 aromatic heterocycles. The zero-order chi connectivity index (χ0) is 10.7. The van der Waals surface area contributed by atoms with Gasteiger partial charge in [-0.3, -0.25) is 0 Å². The average Bonchev–Trinajstić information content (AvgIpc) is 2.24. The van der Waals surface area contributed by atoms with E-state index in [1.807, 2.05) is 18.2 Å². The van der Waals surface area contributed by atoms with Gasteiger partial charge in [0, 0.05) is 12.5 Å². The Morgan fingerprint density at radius 3 is 2.73 bits per heavy atom. The molecule has 1 saturated heterocycles. The van der Waals surface area contributed by atoms with Crippen molar-refractivity contribution in [2.75, 3.05) is 6.54 Å². The SMILES string of the molecule is NC1NC(=O)NCC1Cc1ccccc1. The lowest BCUT2D eigenvalue weighted by Gasteiger charge is -2.30. The number of nitrogens with two attached hydrogens (primary N) is 1. The molecule has 0 spiro atoms. The summed E-state index contributed by atoms with van der Waals surface area (Å²) in [4.78, 5) is 11.0. The average molecular weight is 205 g/mol. The van der Waals surface area contributed by atoms with E-state index in [1.165, 1.54) is 5.56 Å². The molecule has 1 aliphatic heterocycles. The summed E-state index contributed by atoms with van der Waals surface area (Å²) in [6.07, 6.45) is 0.633. The number of amides is 2. The fraction of sp³-hybridized carbons (Fsp3) is 0.364. The Morgan fingerprint density at radius 2 is 2.07 bits per heavy atom. The molecular weight excluding hydrogens is 190 g/mol. The van der Waals surface area contributed by atoms with Gasteiger partial charge in [-0.1, -0.05) is 30.3 Å². The van der Waals surface area contributed by atoms with Gasteiger partial charge in [-0.25, -0.2) is 4.79 Å². The highest BCUT2D eigenvalue weighted by Crippen LogP contribution is 2.11. The smallest absolute Gasteiger partial charge is 0.316 e. The van der Waals surface area contributed by atoms with Crippen LogP contribution in [0.2, 0.25) is 0 Å². The lowest BCUT2D eigenvalue weighted by atomic mass is 9.95. The Morgan fingerprint density at radius 1 is 1.33 bits per heavy atom. The van der Waals surface area contributed by atoms with Gasteiger partial charge in [0.25, 0.3) is 0 Å². The second kappa shape index (κ2) is 4.31. The third-order valence-corrected chi connectivity index (χ3v) is 2.67. The van der Waals surface area contributed by atoms with Gasteiger partial charge in [0.1, 0.15) is 0 Å². The van der Waals surface area contributed by atoms with E-state index in [1.54, 1.807) is 0 Å². The molecule has 4 N–H and O–H groups in total. The van der Waals surface area contributed by atoms with Crippen LogP contribution in [-0.2, 0) is 6.42 Å². The summed E-state index contributed by atoms with van der Waals surface area (Å²) in [5.41, 5.74) is 7.09. The number of hydrogen-bond donors (Lipinski definition) is 3. The van der Waals surface area contributed by atoms with Gasteiger partial charge in [0.05, 0.1) is 6.17 Å². The van der Waals surface area contributed by atoms with E-state index < -0.39 is 0 Å². The maximum atomic E-state index is 11.0. The van der Waals surface area contributed by atoms with Gasteiger partial charge < -0.3 is 16.4 Å². The van der Waals surface area contributed by atoms with Crippen molar-refractivity contribution in [3.05, 3.63) is 35.9 Å². The second-order valence-corrected chi connectivity index (χ2v) is 3.83. The van der Waals surface area contributed by atoms with Crippen LogP contribution in [0.3, 0.4) is 0 Å². The summed E-state index contributed by atoms with van der Waals surface area (Å²) in [6, 6.07) is 9.98. The molecule has 4 nitrogen and oxygen atoms in total. The molecule has 2 rings (SSSR count). The van der Waals surface area contributed by atoms with Crippen molar-refractivity contribution < 1.29 is 4.79 Å². The Bertz CT molecular complexity index is 339. The molecule has 1 aromatic carbocycles. The molecule has 0 bridgehead atoms. The Labute approximate surface area is 88.9 Å². The first-order chi connectivity index (χ1) is 7.25. The quantitative estimate of drug-likeness (QED) is 0.656. The van der Waals surface area contributed by atoms with E-state index in [2.05, 4.69) is 22.8 Å². The van der Waals surface area contributed by atoms with Crippen molar-refractivity contribution in [3.63, 3.8) is 0 Å². The van der Waals surface area contributed by atoms with E-state index in [0.29, 0.717) is 6.54 Å². The first-order valence-electron chi connectivity index (χ1n) is 5.09. The largest absolute Gasteiger partial charge is 0.338 e. The molecule has 2 atom stereocenters. The fourth-order valence-electron chi connectivity index (χ4n) is 1.79. The highest BCUT2D eigenvalue weighted by molar-refractivity contribution is 5.75. The maximum absolute atomic E-state index is 11.0. The molecule has 1 heterocycles. The third kappa shape index (κ3) is 2.47. The standard InChI is InChI=1S/C11H15N3O/c12-10-9(7-13-11(15)14-10)6-8-4-2-1-3-5-8/h1-5,9-10H,6-7,12H2,(H2,13,14,15). The number of rotatable bonds is 2. The van der Waals surface area contributed by atoms with Gasteiger partial charge in [-0.2, -0.15) is 0 Å². The van der Waals surface area contributed by atoms with Crippen LogP contribution in [0.1, 0.15) is 5.56 Å². The van der Waals surface area contributed by atoms with Gasteiger partial charge in [-0.15, -0.1) is 0 Å². The summed E-state index contributed by atoms with van der Waals surface area (Å²) in [5.74, 6) is 0.255. The van der Waals surface area contributed by atoms with Crippen LogP contribution >= 0.6 is 0 Å². The number of nitrogens with one attached hydrogen (secondary N) is 2. The summed E-state index contributed by atoms with van der Waals surface area (Å²) in [5, 5.41) is 5.43. The molecule has 1 fully saturated rings. The molecule has 0 radical (unpaired) electrons. The van der Waals surface area contributed by atoms with Crippen LogP contribution in [0, 0.1) is 5.92 Å². The molecule has 4 heteroatoms. The predicted octanol–water partition coefficient (Wildman–Crippen LogP) is 0.443. The van der Waals surface area contributed by atoms with Crippen molar-refractivity contribution >= 4 is 6.03 Å². The Kier molecular flexibility index (Phi) is 2.87. The van der Waals surface area contributed by atoms with Gasteiger partial charge in [-0.05, 0) is 12.0 Å². The van der Waals surface area contributed by atoms with E-state index in [4.69, 9.17) is 5.73 Å². The van der Waals surface area contributed by atoms with Gasteiger partial charge >= 0.3 is 6.03 Å². The number of carbonyl (C=O) groups excluding carboxylic acids is 1. The minimum atomic E-state index is -0.251. The molecule has 1 aliphatic rings. The first-order valence-corrected chi connectivity index (χ1v) is 5.09. The van der Waals surface area contributed by atoms with E-state index in [0.717, 1.165) is 6.42 Å². The van der Waals surface area contributed by atoms with Crippen molar-refractivity contribution in [1.82, 2.24) is 10.6 Å². The minimum absolute atomic E-state index is 0.174. The van der Waals surface area contributed by atoms with Crippen LogP contribution in [0.5, 0.6) is 0 Å². The molecule has 80 valence electrons. The molecule has 2 unspecified atom stereocenters. The number of benzene rings is 1. The topological polar surface area (TPSA) is 67.1 Å². The van der Waals surface area contributed by atoms with Crippen LogP contribution < -0.4 is 16.4 Å². The van der Waals surface area contributed by atoms with E-state index >= 15 is 0 Å². The molecule has 0 aliphatic carbocycles. The van der Waals surface area contributed by atoms with Crippen LogP contribution in [0.25, 0.3) is 0 Å². The number of hydrogen-bond acceptors (Lipinski definition) is 2. The number of urea groups is 1. The minimum Gasteiger partial charge on any atom is -0.338 e. The normalized spacial score (nSPS) is 25.5. The lowest BCUT2D eigenvalue weighted by molar-refractivity contribution is 0.214. The van der Waals surface area contributed by atoms with Gasteiger partial charge in [0.15, 0.2) is 0 Å². The summed E-state index contributed by atoms with van der Waals surface area (Å²) < 4.78 is 0. The summed E-state index contributed by atoms with van der Waals surface area (Å²) >= 11 is 0. The van der Waals surface area contributed by atoms with Gasteiger partial charge in [0.2, 0.25) is 0 Å². The lowest BCUT2D eigenvalue weighted by Crippen LogP contribution is -2.59. The summed E-state index contributed by atoms with van der Waals surface area (Å²) in [6.45, 7) is 0.641. The maximum Gasteiger partial charge on any atom is 0.316 e. The van der Waals surface area contributed by atoms with E-state index in [9.17, 15) is 4.79 Å². The van der Waals surface area contributed by atoms with E-state index in [-0.39, 0.29) is 18.1 Å². The highest BCUT2D eigenvalue weighted by Gasteiger charge is 2.24.